The number of pyridine rings is 1. The lowest BCUT2D eigenvalue weighted by Crippen LogP contribution is -2.25. The molecule has 4 rings (SSSR count). The lowest BCUT2D eigenvalue weighted by Gasteiger charge is -2.23. The topological polar surface area (TPSA) is 59.5 Å². The standard InChI is InChI=1S/C26H26N2O3/c1-18-12-13-27-24-22(18)14-21(16-28(2)15-19-8-6-7-9-19)23(17-29)25(24)31-26(30)20-10-4-3-5-11-20/h3-7,10-14,17,19H,8-9,15-16H2,1-2H3. The molecule has 0 aliphatic heterocycles. The molecule has 0 saturated heterocycles. The quantitative estimate of drug-likeness (QED) is 0.236. The Kier molecular flexibility index (Phi) is 6.23. The zero-order valence-corrected chi connectivity index (χ0v) is 17.9. The van der Waals surface area contributed by atoms with Gasteiger partial charge in [-0.1, -0.05) is 30.4 Å². The third kappa shape index (κ3) is 4.57. The summed E-state index contributed by atoms with van der Waals surface area (Å²) < 4.78 is 5.79. The van der Waals surface area contributed by atoms with Crippen molar-refractivity contribution in [1.82, 2.24) is 9.88 Å². The van der Waals surface area contributed by atoms with E-state index in [0.717, 1.165) is 42.2 Å². The lowest BCUT2D eigenvalue weighted by atomic mass is 9.99. The highest BCUT2D eigenvalue weighted by molar-refractivity contribution is 6.00. The second-order valence-electron chi connectivity index (χ2n) is 8.18. The number of hydrogen-bond acceptors (Lipinski definition) is 5. The Morgan fingerprint density at radius 2 is 1.94 bits per heavy atom. The predicted octanol–water partition coefficient (Wildman–Crippen LogP) is 4.97. The van der Waals surface area contributed by atoms with Crippen LogP contribution >= 0.6 is 0 Å². The van der Waals surface area contributed by atoms with Crippen molar-refractivity contribution in [1.29, 1.82) is 0 Å². The summed E-state index contributed by atoms with van der Waals surface area (Å²) in [5.41, 5.74) is 3.19. The fourth-order valence-electron chi connectivity index (χ4n) is 4.17. The van der Waals surface area contributed by atoms with Gasteiger partial charge in [0.2, 0.25) is 0 Å². The number of aldehydes is 1. The van der Waals surface area contributed by atoms with Crippen LogP contribution < -0.4 is 4.74 Å². The molecule has 0 amide bonds. The second-order valence-corrected chi connectivity index (χ2v) is 8.18. The lowest BCUT2D eigenvalue weighted by molar-refractivity contribution is 0.0735. The number of ether oxygens (including phenoxy) is 1. The van der Waals surface area contributed by atoms with Crippen LogP contribution in [0.1, 0.15) is 44.7 Å². The van der Waals surface area contributed by atoms with Crippen LogP contribution in [0.2, 0.25) is 0 Å². The summed E-state index contributed by atoms with van der Waals surface area (Å²) in [6.07, 6.45) is 9.07. The highest BCUT2D eigenvalue weighted by Gasteiger charge is 2.22. The van der Waals surface area contributed by atoms with E-state index in [-0.39, 0.29) is 5.75 Å². The third-order valence-corrected chi connectivity index (χ3v) is 5.77. The first-order valence-corrected chi connectivity index (χ1v) is 10.5. The molecular formula is C26H26N2O3. The van der Waals surface area contributed by atoms with Gasteiger partial charge in [-0.15, -0.1) is 0 Å². The predicted molar refractivity (Wildman–Crippen MR) is 121 cm³/mol. The monoisotopic (exact) mass is 414 g/mol. The normalized spacial score (nSPS) is 13.8. The van der Waals surface area contributed by atoms with Gasteiger partial charge in [-0.3, -0.25) is 9.78 Å². The van der Waals surface area contributed by atoms with Crippen molar-refractivity contribution in [2.45, 2.75) is 26.3 Å². The fraction of sp³-hybridized carbons (Fsp3) is 0.269. The number of hydrogen-bond donors (Lipinski definition) is 0. The van der Waals surface area contributed by atoms with Crippen LogP contribution in [0.4, 0.5) is 0 Å². The first-order chi connectivity index (χ1) is 15.1. The van der Waals surface area contributed by atoms with E-state index in [0.29, 0.717) is 29.1 Å². The van der Waals surface area contributed by atoms with E-state index in [1.54, 1.807) is 30.5 Å². The van der Waals surface area contributed by atoms with Crippen molar-refractivity contribution in [3.63, 3.8) is 0 Å². The fourth-order valence-corrected chi connectivity index (χ4v) is 4.17. The number of aryl methyl sites for hydroxylation is 1. The van der Waals surface area contributed by atoms with Gasteiger partial charge in [-0.05, 0) is 68.1 Å². The van der Waals surface area contributed by atoms with Crippen LogP contribution in [-0.4, -0.2) is 35.7 Å². The maximum absolute atomic E-state index is 12.8. The van der Waals surface area contributed by atoms with Gasteiger partial charge in [0.05, 0.1) is 11.1 Å². The van der Waals surface area contributed by atoms with Crippen molar-refractivity contribution in [3.8, 4) is 5.75 Å². The van der Waals surface area contributed by atoms with Crippen LogP contribution in [0.3, 0.4) is 0 Å². The Balaban J connectivity index is 1.73. The minimum Gasteiger partial charge on any atom is -0.420 e. The van der Waals surface area contributed by atoms with E-state index in [2.05, 4.69) is 29.1 Å². The van der Waals surface area contributed by atoms with E-state index in [9.17, 15) is 9.59 Å². The Bertz CT molecular complexity index is 1130. The number of carbonyl (C=O) groups excluding carboxylic acids is 2. The average molecular weight is 415 g/mol. The van der Waals surface area contributed by atoms with Gasteiger partial charge in [-0.2, -0.15) is 0 Å². The summed E-state index contributed by atoms with van der Waals surface area (Å²) in [5, 5.41) is 0.884. The Hall–Kier alpha value is -3.31. The smallest absolute Gasteiger partial charge is 0.343 e. The van der Waals surface area contributed by atoms with Gasteiger partial charge in [0, 0.05) is 24.7 Å². The maximum atomic E-state index is 12.8. The van der Waals surface area contributed by atoms with E-state index in [1.165, 1.54) is 0 Å². The summed E-state index contributed by atoms with van der Waals surface area (Å²) in [7, 11) is 2.06. The van der Waals surface area contributed by atoms with Crippen molar-refractivity contribution in [3.05, 3.63) is 83.1 Å². The van der Waals surface area contributed by atoms with Gasteiger partial charge in [0.1, 0.15) is 5.52 Å². The van der Waals surface area contributed by atoms with Crippen LogP contribution in [0.25, 0.3) is 10.9 Å². The minimum atomic E-state index is -0.504. The molecule has 1 aliphatic carbocycles. The van der Waals surface area contributed by atoms with Gasteiger partial charge in [0.25, 0.3) is 0 Å². The minimum absolute atomic E-state index is 0.232. The van der Waals surface area contributed by atoms with Crippen LogP contribution in [0.5, 0.6) is 5.75 Å². The highest BCUT2D eigenvalue weighted by Crippen LogP contribution is 2.33. The maximum Gasteiger partial charge on any atom is 0.343 e. The van der Waals surface area contributed by atoms with Crippen LogP contribution in [0.15, 0.2) is 60.8 Å². The van der Waals surface area contributed by atoms with Crippen molar-refractivity contribution in [2.75, 3.05) is 13.6 Å². The Morgan fingerprint density at radius 3 is 2.65 bits per heavy atom. The number of rotatable bonds is 7. The van der Waals surface area contributed by atoms with E-state index in [1.807, 2.05) is 25.1 Å². The van der Waals surface area contributed by atoms with Crippen molar-refractivity contribution < 1.29 is 14.3 Å². The number of fused-ring (bicyclic) bond motifs is 1. The van der Waals surface area contributed by atoms with Gasteiger partial charge < -0.3 is 9.64 Å². The Morgan fingerprint density at radius 1 is 1.19 bits per heavy atom. The molecule has 0 unspecified atom stereocenters. The molecule has 0 radical (unpaired) electrons. The molecule has 0 bridgehead atoms. The van der Waals surface area contributed by atoms with E-state index in [4.69, 9.17) is 4.74 Å². The molecule has 1 aromatic heterocycles. The molecule has 1 aliphatic rings. The van der Waals surface area contributed by atoms with Crippen molar-refractivity contribution in [2.24, 2.45) is 5.92 Å². The van der Waals surface area contributed by atoms with Crippen molar-refractivity contribution >= 4 is 23.2 Å². The second kappa shape index (κ2) is 9.23. The van der Waals surface area contributed by atoms with Crippen LogP contribution in [0, 0.1) is 12.8 Å². The number of aromatic nitrogens is 1. The molecule has 0 saturated carbocycles. The number of esters is 1. The first kappa shape index (κ1) is 20.9. The molecule has 5 heteroatoms. The number of benzene rings is 2. The molecule has 2 aromatic carbocycles. The SMILES string of the molecule is Cc1ccnc2c(OC(=O)c3ccccc3)c(C=O)c(CN(C)CC3CC=CC3)cc12. The zero-order valence-electron chi connectivity index (χ0n) is 17.9. The molecule has 0 atom stereocenters. The molecule has 0 fully saturated rings. The number of carbonyl (C=O) groups is 2. The van der Waals surface area contributed by atoms with Crippen LogP contribution in [-0.2, 0) is 6.54 Å². The summed E-state index contributed by atoms with van der Waals surface area (Å²) in [5.74, 6) is 0.329. The van der Waals surface area contributed by atoms with Gasteiger partial charge in [0.15, 0.2) is 12.0 Å². The molecule has 5 nitrogen and oxygen atoms in total. The molecule has 1 heterocycles. The van der Waals surface area contributed by atoms with Gasteiger partial charge in [-0.25, -0.2) is 4.79 Å². The highest BCUT2D eigenvalue weighted by atomic mass is 16.5. The molecule has 0 N–H and O–H groups in total. The molecule has 31 heavy (non-hydrogen) atoms. The molecular weight excluding hydrogens is 388 g/mol. The molecule has 158 valence electrons. The third-order valence-electron chi connectivity index (χ3n) is 5.77. The number of allylic oxidation sites excluding steroid dienone is 2. The molecule has 3 aromatic rings. The van der Waals surface area contributed by atoms with E-state index >= 15 is 0 Å². The summed E-state index contributed by atoms with van der Waals surface area (Å²) >= 11 is 0. The molecule has 0 spiro atoms. The summed E-state index contributed by atoms with van der Waals surface area (Å²) in [6, 6.07) is 12.7. The first-order valence-electron chi connectivity index (χ1n) is 10.5. The average Bonchev–Trinajstić information content (AvgIpc) is 3.28. The zero-order chi connectivity index (χ0) is 21.8. The van der Waals surface area contributed by atoms with Gasteiger partial charge >= 0.3 is 5.97 Å². The Labute approximate surface area is 182 Å². The largest absolute Gasteiger partial charge is 0.420 e. The summed E-state index contributed by atoms with van der Waals surface area (Å²) in [4.78, 5) is 31.6. The van der Waals surface area contributed by atoms with E-state index < -0.39 is 5.97 Å². The summed E-state index contributed by atoms with van der Waals surface area (Å²) in [6.45, 7) is 3.52. The number of nitrogens with zero attached hydrogens (tertiary/aromatic N) is 2.